The summed E-state index contributed by atoms with van der Waals surface area (Å²) in [6.45, 7) is 1.91. The molecule has 2 rings (SSSR count). The number of aryl methyl sites for hydroxylation is 1. The van der Waals surface area contributed by atoms with Crippen molar-refractivity contribution in [2.75, 3.05) is 18.2 Å². The molecule has 0 saturated carbocycles. The lowest BCUT2D eigenvalue weighted by Gasteiger charge is -2.11. The molecule has 0 bridgehead atoms. The summed E-state index contributed by atoms with van der Waals surface area (Å²) in [5.41, 5.74) is 8.50. The van der Waals surface area contributed by atoms with E-state index in [1.54, 1.807) is 37.4 Å². The van der Waals surface area contributed by atoms with Crippen molar-refractivity contribution in [3.8, 4) is 5.75 Å². The third-order valence-corrected chi connectivity index (χ3v) is 3.62. The first-order chi connectivity index (χ1) is 9.51. The van der Waals surface area contributed by atoms with Crippen LogP contribution in [-0.2, 0) is 0 Å². The van der Waals surface area contributed by atoms with Gasteiger partial charge >= 0.3 is 0 Å². The Hall–Kier alpha value is -2.01. The number of methoxy groups -OCH3 is 1. The molecule has 0 atom stereocenters. The van der Waals surface area contributed by atoms with E-state index in [9.17, 15) is 4.79 Å². The molecule has 0 unspecified atom stereocenters. The van der Waals surface area contributed by atoms with E-state index in [1.807, 2.05) is 13.0 Å². The van der Waals surface area contributed by atoms with E-state index in [1.165, 1.54) is 0 Å². The maximum atomic E-state index is 12.3. The Labute approximate surface area is 126 Å². The largest absolute Gasteiger partial charge is 0.497 e. The monoisotopic (exact) mass is 334 g/mol. The van der Waals surface area contributed by atoms with Crippen LogP contribution in [0.1, 0.15) is 15.9 Å². The molecule has 3 N–H and O–H groups in total. The molecule has 0 heterocycles. The van der Waals surface area contributed by atoms with Gasteiger partial charge < -0.3 is 15.8 Å². The number of carbonyl (C=O) groups excluding carboxylic acids is 1. The average Bonchev–Trinajstić information content (AvgIpc) is 2.43. The van der Waals surface area contributed by atoms with Gasteiger partial charge in [0.25, 0.3) is 5.91 Å². The zero-order chi connectivity index (χ0) is 14.7. The highest BCUT2D eigenvalue weighted by atomic mass is 79.9. The smallest absolute Gasteiger partial charge is 0.256 e. The number of benzene rings is 2. The lowest BCUT2D eigenvalue weighted by Crippen LogP contribution is -2.13. The topological polar surface area (TPSA) is 64.3 Å². The van der Waals surface area contributed by atoms with E-state index in [0.29, 0.717) is 27.2 Å². The molecule has 0 radical (unpaired) electrons. The highest BCUT2D eigenvalue weighted by Gasteiger charge is 2.12. The van der Waals surface area contributed by atoms with Crippen LogP contribution < -0.4 is 15.8 Å². The number of rotatable bonds is 3. The molecule has 20 heavy (non-hydrogen) atoms. The summed E-state index contributed by atoms with van der Waals surface area (Å²) < 4.78 is 5.84. The van der Waals surface area contributed by atoms with Crippen LogP contribution in [0.25, 0.3) is 0 Å². The van der Waals surface area contributed by atoms with Gasteiger partial charge in [0, 0.05) is 15.8 Å². The zero-order valence-electron chi connectivity index (χ0n) is 11.2. The van der Waals surface area contributed by atoms with Crippen LogP contribution in [-0.4, -0.2) is 13.0 Å². The van der Waals surface area contributed by atoms with Crippen molar-refractivity contribution in [1.29, 1.82) is 0 Å². The minimum Gasteiger partial charge on any atom is -0.497 e. The van der Waals surface area contributed by atoms with Crippen LogP contribution in [0.3, 0.4) is 0 Å². The van der Waals surface area contributed by atoms with Gasteiger partial charge in [0.05, 0.1) is 12.7 Å². The van der Waals surface area contributed by atoms with Gasteiger partial charge in [-0.25, -0.2) is 0 Å². The van der Waals surface area contributed by atoms with Gasteiger partial charge in [-0.05, 0) is 58.7 Å². The average molecular weight is 335 g/mol. The summed E-state index contributed by atoms with van der Waals surface area (Å²) in [7, 11) is 1.56. The minimum atomic E-state index is -0.218. The number of halogens is 1. The van der Waals surface area contributed by atoms with Crippen molar-refractivity contribution in [3.05, 3.63) is 52.0 Å². The second-order valence-corrected chi connectivity index (χ2v) is 5.23. The first-order valence-corrected chi connectivity index (χ1v) is 6.81. The van der Waals surface area contributed by atoms with E-state index in [4.69, 9.17) is 10.5 Å². The van der Waals surface area contributed by atoms with E-state index in [0.717, 1.165) is 5.56 Å². The number of carbonyl (C=O) groups is 1. The summed E-state index contributed by atoms with van der Waals surface area (Å²) in [6.07, 6.45) is 0. The van der Waals surface area contributed by atoms with Gasteiger partial charge in [0.2, 0.25) is 0 Å². The molecule has 1 amide bonds. The third-order valence-electron chi connectivity index (χ3n) is 2.93. The Morgan fingerprint density at radius 3 is 2.70 bits per heavy atom. The van der Waals surface area contributed by atoms with Crippen molar-refractivity contribution in [3.63, 3.8) is 0 Å². The molecule has 0 aliphatic carbocycles. The number of amides is 1. The summed E-state index contributed by atoms with van der Waals surface area (Å²) >= 11 is 3.37. The highest BCUT2D eigenvalue weighted by molar-refractivity contribution is 9.10. The molecule has 2 aromatic carbocycles. The summed E-state index contributed by atoms with van der Waals surface area (Å²) in [5.74, 6) is 0.409. The van der Waals surface area contributed by atoms with Crippen LogP contribution in [0.4, 0.5) is 11.4 Å². The number of nitrogen functional groups attached to an aromatic ring is 1. The lowest BCUT2D eigenvalue weighted by atomic mass is 10.1. The number of nitrogens with one attached hydrogen (secondary N) is 1. The first-order valence-electron chi connectivity index (χ1n) is 6.02. The minimum absolute atomic E-state index is 0.218. The second-order valence-electron chi connectivity index (χ2n) is 4.37. The van der Waals surface area contributed by atoms with E-state index in [-0.39, 0.29) is 5.91 Å². The molecule has 0 aliphatic rings. The molecular weight excluding hydrogens is 320 g/mol. The van der Waals surface area contributed by atoms with Gasteiger partial charge in [-0.1, -0.05) is 6.07 Å². The highest BCUT2D eigenvalue weighted by Crippen LogP contribution is 2.25. The SMILES string of the molecule is COc1ccc(Br)c(C(=O)Nc2cc(N)ccc2C)c1. The van der Waals surface area contributed by atoms with Gasteiger partial charge in [-0.2, -0.15) is 0 Å². The molecule has 0 aromatic heterocycles. The number of hydrogen-bond donors (Lipinski definition) is 2. The van der Waals surface area contributed by atoms with Gasteiger partial charge in [0.15, 0.2) is 0 Å². The van der Waals surface area contributed by atoms with Gasteiger partial charge in [0.1, 0.15) is 5.75 Å². The maximum Gasteiger partial charge on any atom is 0.256 e. The number of ether oxygens (including phenoxy) is 1. The maximum absolute atomic E-state index is 12.3. The number of nitrogens with two attached hydrogens (primary N) is 1. The number of hydrogen-bond acceptors (Lipinski definition) is 3. The Morgan fingerprint density at radius 1 is 1.25 bits per heavy atom. The Morgan fingerprint density at radius 2 is 2.00 bits per heavy atom. The number of anilines is 2. The second kappa shape index (κ2) is 5.96. The van der Waals surface area contributed by atoms with Crippen molar-refractivity contribution < 1.29 is 9.53 Å². The fourth-order valence-electron chi connectivity index (χ4n) is 1.77. The lowest BCUT2D eigenvalue weighted by molar-refractivity contribution is 0.102. The predicted octanol–water partition coefficient (Wildman–Crippen LogP) is 3.60. The van der Waals surface area contributed by atoms with Crippen LogP contribution in [0, 0.1) is 6.92 Å². The molecule has 4 nitrogen and oxygen atoms in total. The van der Waals surface area contributed by atoms with Gasteiger partial charge in [-0.15, -0.1) is 0 Å². The fourth-order valence-corrected chi connectivity index (χ4v) is 2.20. The summed E-state index contributed by atoms with van der Waals surface area (Å²) in [5, 5.41) is 2.85. The summed E-state index contributed by atoms with van der Waals surface area (Å²) in [6, 6.07) is 10.6. The quantitative estimate of drug-likeness (QED) is 0.843. The Kier molecular flexibility index (Phi) is 4.29. The zero-order valence-corrected chi connectivity index (χ0v) is 12.8. The molecule has 2 aromatic rings. The molecule has 0 saturated heterocycles. The Balaban J connectivity index is 2.30. The molecule has 0 spiro atoms. The third kappa shape index (κ3) is 3.11. The van der Waals surface area contributed by atoms with Crippen LogP contribution in [0.15, 0.2) is 40.9 Å². The standard InChI is InChI=1S/C15H15BrN2O2/c1-9-3-4-10(17)7-14(9)18-15(19)12-8-11(20-2)5-6-13(12)16/h3-8H,17H2,1-2H3,(H,18,19). The van der Waals surface area contributed by atoms with Crippen LogP contribution in [0.5, 0.6) is 5.75 Å². The summed E-state index contributed by atoms with van der Waals surface area (Å²) in [4.78, 5) is 12.3. The van der Waals surface area contributed by atoms with E-state index >= 15 is 0 Å². The van der Waals surface area contributed by atoms with Crippen molar-refractivity contribution in [2.45, 2.75) is 6.92 Å². The van der Waals surface area contributed by atoms with Crippen LogP contribution in [0.2, 0.25) is 0 Å². The van der Waals surface area contributed by atoms with Crippen molar-refractivity contribution in [1.82, 2.24) is 0 Å². The molecule has 5 heteroatoms. The molecule has 0 fully saturated rings. The fraction of sp³-hybridized carbons (Fsp3) is 0.133. The van der Waals surface area contributed by atoms with Crippen LogP contribution >= 0.6 is 15.9 Å². The van der Waals surface area contributed by atoms with Gasteiger partial charge in [-0.3, -0.25) is 4.79 Å². The van der Waals surface area contributed by atoms with E-state index in [2.05, 4.69) is 21.2 Å². The van der Waals surface area contributed by atoms with E-state index < -0.39 is 0 Å². The Bertz CT molecular complexity index is 656. The molecule has 104 valence electrons. The van der Waals surface area contributed by atoms with Crippen molar-refractivity contribution in [2.24, 2.45) is 0 Å². The predicted molar refractivity (Wildman–Crippen MR) is 84.2 cm³/mol. The molecular formula is C15H15BrN2O2. The normalized spacial score (nSPS) is 10.2. The first kappa shape index (κ1) is 14.4. The molecule has 0 aliphatic heterocycles. The van der Waals surface area contributed by atoms with Crippen molar-refractivity contribution >= 4 is 33.2 Å².